The molecule has 0 amide bonds. The summed E-state index contributed by atoms with van der Waals surface area (Å²) in [4.78, 5) is 4.44. The lowest BCUT2D eigenvalue weighted by atomic mass is 10.1. The summed E-state index contributed by atoms with van der Waals surface area (Å²) < 4.78 is 37.3. The van der Waals surface area contributed by atoms with Gasteiger partial charge in [-0.15, -0.1) is 0 Å². The molecule has 6 heteroatoms. The van der Waals surface area contributed by atoms with Crippen LogP contribution in [-0.4, -0.2) is 17.0 Å². The van der Waals surface area contributed by atoms with Crippen LogP contribution in [0.5, 0.6) is 0 Å². The Balaban J connectivity index is 1.51. The molecule has 0 aromatic heterocycles. The number of aliphatic imine (C=N–C) groups is 1. The molecule has 1 N–H and O–H groups in total. The summed E-state index contributed by atoms with van der Waals surface area (Å²) >= 11 is 1.77. The smallest absolute Gasteiger partial charge is 0.361 e. The van der Waals surface area contributed by atoms with Crippen LogP contribution >= 0.6 is 11.8 Å². The predicted octanol–water partition coefficient (Wildman–Crippen LogP) is 3.68. The van der Waals surface area contributed by atoms with Crippen LogP contribution in [0.15, 0.2) is 29.3 Å². The van der Waals surface area contributed by atoms with E-state index >= 15 is 0 Å². The molecule has 0 saturated heterocycles. The van der Waals surface area contributed by atoms with Crippen molar-refractivity contribution < 1.29 is 13.2 Å². The van der Waals surface area contributed by atoms with Crippen molar-refractivity contribution in [3.05, 3.63) is 35.4 Å². The number of amidine groups is 1. The minimum atomic E-state index is -4.27. The Bertz CT molecular complexity index is 506. The number of thioether (sulfide) groups is 1. The van der Waals surface area contributed by atoms with Gasteiger partial charge in [0.15, 0.2) is 5.17 Å². The molecule has 1 aromatic carbocycles. The molecule has 1 aliphatic carbocycles. The van der Waals surface area contributed by atoms with E-state index in [0.29, 0.717) is 11.8 Å². The van der Waals surface area contributed by atoms with Crippen LogP contribution < -0.4 is 5.32 Å². The SMILES string of the molecule is FC(F)(F)c1ccc(CNC2=NCC(C3CC3)S2)cc1. The highest BCUT2D eigenvalue weighted by molar-refractivity contribution is 8.14. The number of alkyl halides is 3. The highest BCUT2D eigenvalue weighted by Crippen LogP contribution is 2.41. The summed E-state index contributed by atoms with van der Waals surface area (Å²) in [6, 6.07) is 5.25. The molecule has 0 radical (unpaired) electrons. The summed E-state index contributed by atoms with van der Waals surface area (Å²) in [5, 5.41) is 4.72. The monoisotopic (exact) mass is 300 g/mol. The van der Waals surface area contributed by atoms with Gasteiger partial charge in [0.1, 0.15) is 0 Å². The second-order valence-corrected chi connectivity index (χ2v) is 6.42. The second-order valence-electron chi connectivity index (χ2n) is 5.19. The molecule has 108 valence electrons. The molecular formula is C14H15F3N2S. The van der Waals surface area contributed by atoms with Gasteiger partial charge >= 0.3 is 6.18 Å². The van der Waals surface area contributed by atoms with Crippen molar-refractivity contribution in [2.45, 2.75) is 30.8 Å². The van der Waals surface area contributed by atoms with Gasteiger partial charge in [-0.1, -0.05) is 23.9 Å². The quantitative estimate of drug-likeness (QED) is 0.921. The lowest BCUT2D eigenvalue weighted by Gasteiger charge is -2.09. The topological polar surface area (TPSA) is 24.4 Å². The van der Waals surface area contributed by atoms with Crippen molar-refractivity contribution in [2.75, 3.05) is 6.54 Å². The molecule has 1 atom stereocenters. The predicted molar refractivity (Wildman–Crippen MR) is 74.7 cm³/mol. The fraction of sp³-hybridized carbons (Fsp3) is 0.500. The molecule has 2 aliphatic rings. The first-order chi connectivity index (χ1) is 9.52. The second kappa shape index (κ2) is 5.31. The van der Waals surface area contributed by atoms with E-state index in [9.17, 15) is 13.2 Å². The van der Waals surface area contributed by atoms with E-state index < -0.39 is 11.7 Å². The maximum absolute atomic E-state index is 12.4. The number of nitrogens with zero attached hydrogens (tertiary/aromatic N) is 1. The van der Waals surface area contributed by atoms with Crippen molar-refractivity contribution in [2.24, 2.45) is 10.9 Å². The van der Waals surface area contributed by atoms with Crippen LogP contribution in [0.2, 0.25) is 0 Å². The highest BCUT2D eigenvalue weighted by atomic mass is 32.2. The normalized spacial score (nSPS) is 22.8. The maximum atomic E-state index is 12.4. The van der Waals surface area contributed by atoms with E-state index in [1.807, 2.05) is 0 Å². The third-order valence-corrected chi connectivity index (χ3v) is 4.88. The molecular weight excluding hydrogens is 285 g/mol. The molecule has 3 rings (SSSR count). The molecule has 20 heavy (non-hydrogen) atoms. The van der Waals surface area contributed by atoms with Crippen molar-refractivity contribution in [1.82, 2.24) is 5.32 Å². The van der Waals surface area contributed by atoms with Crippen molar-refractivity contribution in [3.8, 4) is 0 Å². The number of rotatable bonds is 3. The first-order valence-electron chi connectivity index (χ1n) is 6.63. The molecule has 1 fully saturated rings. The molecule has 0 spiro atoms. The lowest BCUT2D eigenvalue weighted by molar-refractivity contribution is -0.137. The van der Waals surface area contributed by atoms with Gasteiger partial charge < -0.3 is 5.32 Å². The van der Waals surface area contributed by atoms with Gasteiger partial charge in [0.25, 0.3) is 0 Å². The maximum Gasteiger partial charge on any atom is 0.416 e. The Hall–Kier alpha value is -1.17. The molecule has 1 heterocycles. The summed E-state index contributed by atoms with van der Waals surface area (Å²) in [6.45, 7) is 1.38. The van der Waals surface area contributed by atoms with E-state index in [0.717, 1.165) is 35.3 Å². The van der Waals surface area contributed by atoms with E-state index in [2.05, 4.69) is 10.3 Å². The zero-order valence-electron chi connectivity index (χ0n) is 10.8. The molecule has 0 bridgehead atoms. The Morgan fingerprint density at radius 1 is 1.20 bits per heavy atom. The molecule has 1 aromatic rings. The van der Waals surface area contributed by atoms with Crippen molar-refractivity contribution in [3.63, 3.8) is 0 Å². The van der Waals surface area contributed by atoms with Gasteiger partial charge in [-0.2, -0.15) is 13.2 Å². The summed E-state index contributed by atoms with van der Waals surface area (Å²) in [7, 11) is 0. The van der Waals surface area contributed by atoms with Gasteiger partial charge in [-0.25, -0.2) is 0 Å². The Kier molecular flexibility index (Phi) is 3.67. The Labute approximate surface area is 119 Å². The van der Waals surface area contributed by atoms with Gasteiger partial charge in [0.05, 0.1) is 12.1 Å². The fourth-order valence-electron chi connectivity index (χ4n) is 2.19. The van der Waals surface area contributed by atoms with Crippen molar-refractivity contribution in [1.29, 1.82) is 0 Å². The van der Waals surface area contributed by atoms with Crippen LogP contribution in [0.25, 0.3) is 0 Å². The summed E-state index contributed by atoms with van der Waals surface area (Å²) in [5.41, 5.74) is 0.221. The van der Waals surface area contributed by atoms with Crippen LogP contribution in [-0.2, 0) is 12.7 Å². The van der Waals surface area contributed by atoms with Gasteiger partial charge in [-0.3, -0.25) is 4.99 Å². The fourth-order valence-corrected chi connectivity index (χ4v) is 3.40. The van der Waals surface area contributed by atoms with Gasteiger partial charge in [0, 0.05) is 11.8 Å². The highest BCUT2D eigenvalue weighted by Gasteiger charge is 2.35. The number of nitrogens with one attached hydrogen (secondary N) is 1. The zero-order chi connectivity index (χ0) is 14.2. The number of halogens is 3. The average Bonchev–Trinajstić information content (AvgIpc) is 3.15. The van der Waals surface area contributed by atoms with E-state index in [4.69, 9.17) is 0 Å². The largest absolute Gasteiger partial charge is 0.416 e. The van der Waals surface area contributed by atoms with Crippen LogP contribution in [0, 0.1) is 5.92 Å². The zero-order valence-corrected chi connectivity index (χ0v) is 11.6. The standard InChI is InChI=1S/C14H15F3N2S/c15-14(16,17)11-5-1-9(2-6-11)7-18-13-19-8-12(20-13)10-3-4-10/h1-2,5-6,10,12H,3-4,7-8H2,(H,18,19). The number of benzene rings is 1. The minimum Gasteiger partial charge on any atom is -0.361 e. The van der Waals surface area contributed by atoms with E-state index in [1.54, 1.807) is 11.8 Å². The van der Waals surface area contributed by atoms with Crippen LogP contribution in [0.1, 0.15) is 24.0 Å². The van der Waals surface area contributed by atoms with E-state index in [1.165, 1.54) is 25.0 Å². The van der Waals surface area contributed by atoms with Gasteiger partial charge in [0.2, 0.25) is 0 Å². The molecule has 1 aliphatic heterocycles. The van der Waals surface area contributed by atoms with Crippen LogP contribution in [0.4, 0.5) is 13.2 Å². The summed E-state index contributed by atoms with van der Waals surface area (Å²) in [6.07, 6.45) is -1.66. The Morgan fingerprint density at radius 2 is 1.90 bits per heavy atom. The van der Waals surface area contributed by atoms with E-state index in [-0.39, 0.29) is 0 Å². The third-order valence-electron chi connectivity index (χ3n) is 3.55. The lowest BCUT2D eigenvalue weighted by Crippen LogP contribution is -2.19. The van der Waals surface area contributed by atoms with Crippen molar-refractivity contribution >= 4 is 16.9 Å². The Morgan fingerprint density at radius 3 is 2.50 bits per heavy atom. The number of hydrogen-bond donors (Lipinski definition) is 1. The third kappa shape index (κ3) is 3.29. The first-order valence-corrected chi connectivity index (χ1v) is 7.51. The first kappa shape index (κ1) is 13.8. The summed E-state index contributed by atoms with van der Waals surface area (Å²) in [5.74, 6) is 0.814. The van der Waals surface area contributed by atoms with Gasteiger partial charge in [-0.05, 0) is 36.5 Å². The molecule has 1 unspecified atom stereocenters. The van der Waals surface area contributed by atoms with Crippen LogP contribution in [0.3, 0.4) is 0 Å². The molecule has 1 saturated carbocycles. The molecule has 2 nitrogen and oxygen atoms in total. The average molecular weight is 300 g/mol. The number of hydrogen-bond acceptors (Lipinski definition) is 3. The minimum absolute atomic E-state index is 0.515.